The van der Waals surface area contributed by atoms with Crippen molar-refractivity contribution in [3.8, 4) is 0 Å². The Balaban J connectivity index is 2.10. The molecule has 0 saturated heterocycles. The van der Waals surface area contributed by atoms with Crippen LogP contribution in [0, 0.1) is 5.41 Å². The van der Waals surface area contributed by atoms with E-state index in [1.54, 1.807) is 11.3 Å². The summed E-state index contributed by atoms with van der Waals surface area (Å²) in [6.07, 6.45) is 1.91. The van der Waals surface area contributed by atoms with Crippen molar-refractivity contribution in [2.45, 2.75) is 39.3 Å². The summed E-state index contributed by atoms with van der Waals surface area (Å²) < 4.78 is 0. The van der Waals surface area contributed by atoms with Crippen molar-refractivity contribution in [3.05, 3.63) is 22.4 Å². The molecule has 0 spiro atoms. The van der Waals surface area contributed by atoms with Gasteiger partial charge >= 0.3 is 0 Å². The Hall–Kier alpha value is -0.870. The van der Waals surface area contributed by atoms with E-state index in [-0.39, 0.29) is 17.4 Å². The largest absolute Gasteiger partial charge is 0.335 e. The van der Waals surface area contributed by atoms with E-state index < -0.39 is 0 Å². The number of carbonyl (C=O) groups excluding carboxylic acids is 1. The molecule has 17 heavy (non-hydrogen) atoms. The van der Waals surface area contributed by atoms with Crippen LogP contribution in [0.15, 0.2) is 17.5 Å². The van der Waals surface area contributed by atoms with Crippen molar-refractivity contribution >= 4 is 17.2 Å². The average molecular weight is 252 g/mol. The number of amides is 1. The highest BCUT2D eigenvalue weighted by molar-refractivity contribution is 7.09. The third-order valence-electron chi connectivity index (χ3n) is 3.49. The average Bonchev–Trinajstić information content (AvgIpc) is 2.95. The van der Waals surface area contributed by atoms with E-state index in [9.17, 15) is 4.79 Å². The molecule has 1 fully saturated rings. The standard InChI is InChI=1S/C13H20N2OS/c1-10(2)15(8-11-4-3-7-17-11)12(16)13(9-14)5-6-13/h3-4,7,10H,5-6,8-9,14H2,1-2H3. The van der Waals surface area contributed by atoms with Crippen LogP contribution in [0.4, 0.5) is 0 Å². The Kier molecular flexibility index (Phi) is 3.54. The minimum atomic E-state index is -0.235. The van der Waals surface area contributed by atoms with E-state index in [4.69, 9.17) is 5.73 Å². The van der Waals surface area contributed by atoms with Crippen molar-refractivity contribution in [1.29, 1.82) is 0 Å². The maximum absolute atomic E-state index is 12.5. The van der Waals surface area contributed by atoms with E-state index in [0.29, 0.717) is 6.54 Å². The van der Waals surface area contributed by atoms with Gasteiger partial charge in [0.05, 0.1) is 12.0 Å². The molecule has 0 aliphatic heterocycles. The number of nitrogens with zero attached hydrogens (tertiary/aromatic N) is 1. The molecule has 0 unspecified atom stereocenters. The lowest BCUT2D eigenvalue weighted by atomic mass is 10.0. The second-order valence-electron chi connectivity index (χ2n) is 5.09. The Morgan fingerprint density at radius 2 is 2.29 bits per heavy atom. The summed E-state index contributed by atoms with van der Waals surface area (Å²) in [5.41, 5.74) is 5.50. The first-order valence-electron chi connectivity index (χ1n) is 6.12. The third kappa shape index (κ3) is 2.53. The maximum atomic E-state index is 12.5. The molecule has 1 aliphatic rings. The van der Waals surface area contributed by atoms with Crippen LogP contribution >= 0.6 is 11.3 Å². The zero-order chi connectivity index (χ0) is 12.5. The summed E-state index contributed by atoms with van der Waals surface area (Å²) in [4.78, 5) is 15.7. The fraction of sp³-hybridized carbons (Fsp3) is 0.615. The number of hydrogen-bond donors (Lipinski definition) is 1. The number of nitrogens with two attached hydrogens (primary N) is 1. The predicted molar refractivity (Wildman–Crippen MR) is 70.7 cm³/mol. The van der Waals surface area contributed by atoms with Gasteiger partial charge in [0.25, 0.3) is 0 Å². The van der Waals surface area contributed by atoms with Crippen molar-refractivity contribution in [2.75, 3.05) is 6.54 Å². The van der Waals surface area contributed by atoms with Crippen LogP contribution in [0.25, 0.3) is 0 Å². The zero-order valence-corrected chi connectivity index (χ0v) is 11.3. The minimum absolute atomic E-state index is 0.230. The van der Waals surface area contributed by atoms with Gasteiger partial charge in [0, 0.05) is 17.5 Å². The Labute approximate surface area is 107 Å². The Morgan fingerprint density at radius 1 is 1.59 bits per heavy atom. The lowest BCUT2D eigenvalue weighted by molar-refractivity contribution is -0.139. The number of carbonyl (C=O) groups is 1. The van der Waals surface area contributed by atoms with E-state index >= 15 is 0 Å². The number of rotatable bonds is 5. The van der Waals surface area contributed by atoms with Gasteiger partial charge in [-0.15, -0.1) is 11.3 Å². The van der Waals surface area contributed by atoms with Gasteiger partial charge in [-0.3, -0.25) is 4.79 Å². The summed E-state index contributed by atoms with van der Waals surface area (Å²) >= 11 is 1.70. The summed E-state index contributed by atoms with van der Waals surface area (Å²) in [5.74, 6) is 0.239. The molecule has 0 atom stereocenters. The van der Waals surface area contributed by atoms with Crippen LogP contribution in [0.5, 0.6) is 0 Å². The first-order valence-corrected chi connectivity index (χ1v) is 7.00. The van der Waals surface area contributed by atoms with E-state index in [2.05, 4.69) is 19.9 Å². The van der Waals surface area contributed by atoms with Crippen LogP contribution in [-0.2, 0) is 11.3 Å². The van der Waals surface area contributed by atoms with Crippen LogP contribution in [-0.4, -0.2) is 23.4 Å². The predicted octanol–water partition coefficient (Wildman–Crippen LogP) is 2.22. The summed E-state index contributed by atoms with van der Waals surface area (Å²) in [7, 11) is 0. The van der Waals surface area contributed by atoms with Gasteiger partial charge in [0.1, 0.15) is 0 Å². The second kappa shape index (κ2) is 4.78. The monoisotopic (exact) mass is 252 g/mol. The highest BCUT2D eigenvalue weighted by Gasteiger charge is 2.50. The maximum Gasteiger partial charge on any atom is 0.230 e. The quantitative estimate of drug-likeness (QED) is 0.873. The van der Waals surface area contributed by atoms with Gasteiger partial charge in [-0.25, -0.2) is 0 Å². The fourth-order valence-electron chi connectivity index (χ4n) is 2.02. The molecule has 1 aromatic rings. The summed E-state index contributed by atoms with van der Waals surface area (Å²) in [6, 6.07) is 4.34. The van der Waals surface area contributed by atoms with Crippen LogP contribution in [0.1, 0.15) is 31.6 Å². The molecule has 1 aromatic heterocycles. The molecular weight excluding hydrogens is 232 g/mol. The smallest absolute Gasteiger partial charge is 0.230 e. The van der Waals surface area contributed by atoms with Crippen molar-refractivity contribution < 1.29 is 4.79 Å². The fourth-order valence-corrected chi connectivity index (χ4v) is 2.72. The van der Waals surface area contributed by atoms with E-state index in [0.717, 1.165) is 19.4 Å². The van der Waals surface area contributed by atoms with Gasteiger partial charge in [-0.05, 0) is 38.1 Å². The molecule has 1 heterocycles. The normalized spacial score (nSPS) is 17.2. The molecule has 2 rings (SSSR count). The Bertz CT molecular complexity index is 382. The molecular formula is C13H20N2OS. The van der Waals surface area contributed by atoms with Gasteiger partial charge in [0.15, 0.2) is 0 Å². The lowest BCUT2D eigenvalue weighted by Crippen LogP contribution is -2.43. The van der Waals surface area contributed by atoms with Crippen molar-refractivity contribution in [2.24, 2.45) is 11.1 Å². The molecule has 1 aliphatic carbocycles. The van der Waals surface area contributed by atoms with E-state index in [1.807, 2.05) is 16.3 Å². The second-order valence-corrected chi connectivity index (χ2v) is 6.12. The first kappa shape index (κ1) is 12.6. The topological polar surface area (TPSA) is 46.3 Å². The highest BCUT2D eigenvalue weighted by Crippen LogP contribution is 2.46. The third-order valence-corrected chi connectivity index (χ3v) is 4.35. The SMILES string of the molecule is CC(C)N(Cc1cccs1)C(=O)C1(CN)CC1. The van der Waals surface area contributed by atoms with Crippen LogP contribution in [0.3, 0.4) is 0 Å². The molecule has 1 amide bonds. The van der Waals surface area contributed by atoms with Gasteiger partial charge < -0.3 is 10.6 Å². The van der Waals surface area contributed by atoms with Crippen LogP contribution in [0.2, 0.25) is 0 Å². The lowest BCUT2D eigenvalue weighted by Gasteiger charge is -2.30. The molecule has 0 aromatic carbocycles. The Morgan fingerprint density at radius 3 is 2.71 bits per heavy atom. The molecule has 94 valence electrons. The molecule has 0 bridgehead atoms. The minimum Gasteiger partial charge on any atom is -0.335 e. The first-order chi connectivity index (χ1) is 8.09. The number of thiophene rings is 1. The molecule has 1 saturated carbocycles. The van der Waals surface area contributed by atoms with Crippen molar-refractivity contribution in [1.82, 2.24) is 4.90 Å². The van der Waals surface area contributed by atoms with Crippen LogP contribution < -0.4 is 5.73 Å². The van der Waals surface area contributed by atoms with Gasteiger partial charge in [-0.2, -0.15) is 0 Å². The molecule has 4 heteroatoms. The molecule has 0 radical (unpaired) electrons. The number of hydrogen-bond acceptors (Lipinski definition) is 3. The summed E-state index contributed by atoms with van der Waals surface area (Å²) in [6.45, 7) is 5.34. The zero-order valence-electron chi connectivity index (χ0n) is 10.5. The van der Waals surface area contributed by atoms with Gasteiger partial charge in [0.2, 0.25) is 5.91 Å². The highest BCUT2D eigenvalue weighted by atomic mass is 32.1. The summed E-state index contributed by atoms with van der Waals surface area (Å²) in [5, 5.41) is 2.05. The van der Waals surface area contributed by atoms with Crippen molar-refractivity contribution in [3.63, 3.8) is 0 Å². The molecule has 2 N–H and O–H groups in total. The van der Waals surface area contributed by atoms with E-state index in [1.165, 1.54) is 4.88 Å². The van der Waals surface area contributed by atoms with Gasteiger partial charge in [-0.1, -0.05) is 6.07 Å². The molecule has 3 nitrogen and oxygen atoms in total.